The minimum Gasteiger partial charge on any atom is -0.363 e. The van der Waals surface area contributed by atoms with E-state index in [9.17, 15) is 0 Å². The lowest BCUT2D eigenvalue weighted by Crippen LogP contribution is -2.12. The zero-order valence-electron chi connectivity index (χ0n) is 12.4. The molecular weight excluding hydrogens is 268 g/mol. The second-order valence-electron chi connectivity index (χ2n) is 5.06. The average Bonchev–Trinajstić information content (AvgIpc) is 3.12. The number of fused-ring (bicyclic) bond motifs is 1. The first-order valence-electron chi connectivity index (χ1n) is 7.01. The Hall–Kier alpha value is -2.51. The van der Waals surface area contributed by atoms with Gasteiger partial charge in [-0.2, -0.15) is 14.6 Å². The van der Waals surface area contributed by atoms with Gasteiger partial charge in [-0.3, -0.25) is 0 Å². The predicted molar refractivity (Wildman–Crippen MR) is 77.9 cm³/mol. The molecule has 3 aromatic rings. The molecule has 3 aromatic heterocycles. The zero-order valence-corrected chi connectivity index (χ0v) is 12.4. The highest BCUT2D eigenvalue weighted by atomic mass is 15.4. The van der Waals surface area contributed by atoms with Crippen LogP contribution in [0.15, 0.2) is 18.7 Å². The van der Waals surface area contributed by atoms with Crippen LogP contribution in [-0.4, -0.2) is 34.3 Å². The molecule has 0 saturated carbocycles. The fraction of sp³-hybridized carbons (Fsp3) is 0.462. The molecule has 0 aliphatic carbocycles. The van der Waals surface area contributed by atoms with Gasteiger partial charge < -0.3 is 9.88 Å². The van der Waals surface area contributed by atoms with E-state index in [1.807, 2.05) is 10.6 Å². The van der Waals surface area contributed by atoms with Crippen molar-refractivity contribution in [3.05, 3.63) is 30.2 Å². The highest BCUT2D eigenvalue weighted by molar-refractivity contribution is 5.45. The lowest BCUT2D eigenvalue weighted by atomic mass is 10.3. The van der Waals surface area contributed by atoms with Crippen LogP contribution in [0.4, 0.5) is 5.82 Å². The highest BCUT2D eigenvalue weighted by Crippen LogP contribution is 2.13. The molecule has 0 radical (unpaired) electrons. The number of nitrogens with zero attached hydrogens (tertiary/aromatic N) is 7. The summed E-state index contributed by atoms with van der Waals surface area (Å²) >= 11 is 0. The van der Waals surface area contributed by atoms with Crippen molar-refractivity contribution in [3.8, 4) is 0 Å². The van der Waals surface area contributed by atoms with Gasteiger partial charge in [0.05, 0.1) is 6.54 Å². The average molecular weight is 286 g/mol. The summed E-state index contributed by atoms with van der Waals surface area (Å²) in [6.45, 7) is 6.84. The molecule has 0 aromatic carbocycles. The minimum atomic E-state index is 0.326. The number of aromatic nitrogens is 7. The molecule has 0 atom stereocenters. The summed E-state index contributed by atoms with van der Waals surface area (Å²) < 4.78 is 3.72. The molecule has 3 rings (SSSR count). The second-order valence-corrected chi connectivity index (χ2v) is 5.06. The van der Waals surface area contributed by atoms with E-state index in [0.717, 1.165) is 23.8 Å². The summed E-state index contributed by atoms with van der Waals surface area (Å²) in [5.74, 6) is 2.34. The van der Waals surface area contributed by atoms with E-state index >= 15 is 0 Å². The van der Waals surface area contributed by atoms with Crippen molar-refractivity contribution in [2.75, 3.05) is 5.32 Å². The summed E-state index contributed by atoms with van der Waals surface area (Å²) in [7, 11) is 0. The van der Waals surface area contributed by atoms with Gasteiger partial charge in [-0.15, -0.1) is 10.2 Å². The second kappa shape index (κ2) is 5.47. The molecule has 8 heteroatoms. The number of rotatable bonds is 5. The highest BCUT2D eigenvalue weighted by Gasteiger charge is 2.10. The number of aryl methyl sites for hydroxylation is 1. The summed E-state index contributed by atoms with van der Waals surface area (Å²) in [5.41, 5.74) is 0.975. The first kappa shape index (κ1) is 13.5. The molecule has 0 amide bonds. The maximum Gasteiger partial charge on any atom is 0.254 e. The van der Waals surface area contributed by atoms with Crippen LogP contribution in [0.5, 0.6) is 0 Å². The van der Waals surface area contributed by atoms with Gasteiger partial charge in [0, 0.05) is 17.8 Å². The van der Waals surface area contributed by atoms with E-state index in [1.54, 1.807) is 10.8 Å². The third-order valence-electron chi connectivity index (χ3n) is 3.30. The van der Waals surface area contributed by atoms with Gasteiger partial charge in [0.1, 0.15) is 18.5 Å². The molecule has 0 aliphatic heterocycles. The molecule has 0 fully saturated rings. The van der Waals surface area contributed by atoms with Crippen molar-refractivity contribution in [1.29, 1.82) is 0 Å². The third kappa shape index (κ3) is 2.56. The summed E-state index contributed by atoms with van der Waals surface area (Å²) in [6, 6.07) is 2.31. The van der Waals surface area contributed by atoms with Crippen LogP contribution in [0.1, 0.15) is 38.3 Å². The van der Waals surface area contributed by atoms with Crippen molar-refractivity contribution in [1.82, 2.24) is 34.3 Å². The Bertz CT molecular complexity index is 742. The lowest BCUT2D eigenvalue weighted by molar-refractivity contribution is 0.571. The zero-order chi connectivity index (χ0) is 14.8. The number of anilines is 1. The SMILES string of the molecule is CCc1cc(NCc2nncn2C(C)C)n2ncnc2n1. The van der Waals surface area contributed by atoms with Gasteiger partial charge in [0.25, 0.3) is 5.78 Å². The molecule has 0 unspecified atom stereocenters. The molecular formula is C13H18N8. The van der Waals surface area contributed by atoms with Gasteiger partial charge in [-0.1, -0.05) is 6.92 Å². The van der Waals surface area contributed by atoms with Gasteiger partial charge in [-0.25, -0.2) is 4.98 Å². The third-order valence-corrected chi connectivity index (χ3v) is 3.30. The van der Waals surface area contributed by atoms with E-state index in [1.165, 1.54) is 6.33 Å². The number of hydrogen-bond donors (Lipinski definition) is 1. The fourth-order valence-corrected chi connectivity index (χ4v) is 2.16. The van der Waals surface area contributed by atoms with Crippen LogP contribution in [-0.2, 0) is 13.0 Å². The van der Waals surface area contributed by atoms with E-state index in [4.69, 9.17) is 0 Å². The predicted octanol–water partition coefficient (Wildman–Crippen LogP) is 1.47. The Morgan fingerprint density at radius 1 is 1.33 bits per heavy atom. The van der Waals surface area contributed by atoms with Gasteiger partial charge in [-0.05, 0) is 20.3 Å². The first-order valence-corrected chi connectivity index (χ1v) is 7.01. The Balaban J connectivity index is 1.87. The van der Waals surface area contributed by atoms with Gasteiger partial charge in [0.15, 0.2) is 5.82 Å². The Labute approximate surface area is 122 Å². The van der Waals surface area contributed by atoms with Crippen LogP contribution in [0.2, 0.25) is 0 Å². The molecule has 110 valence electrons. The molecule has 8 nitrogen and oxygen atoms in total. The van der Waals surface area contributed by atoms with E-state index in [0.29, 0.717) is 18.4 Å². The molecule has 0 bridgehead atoms. The minimum absolute atomic E-state index is 0.326. The maximum absolute atomic E-state index is 4.42. The van der Waals surface area contributed by atoms with E-state index in [2.05, 4.69) is 51.4 Å². The summed E-state index contributed by atoms with van der Waals surface area (Å²) in [6.07, 6.45) is 4.10. The Morgan fingerprint density at radius 3 is 2.95 bits per heavy atom. The largest absolute Gasteiger partial charge is 0.363 e. The van der Waals surface area contributed by atoms with Gasteiger partial charge in [0.2, 0.25) is 0 Å². The molecule has 0 aliphatic rings. The van der Waals surface area contributed by atoms with Crippen molar-refractivity contribution in [2.24, 2.45) is 0 Å². The van der Waals surface area contributed by atoms with Crippen LogP contribution >= 0.6 is 0 Å². The van der Waals surface area contributed by atoms with Crippen LogP contribution in [0.25, 0.3) is 5.78 Å². The molecule has 3 heterocycles. The molecule has 0 spiro atoms. The van der Waals surface area contributed by atoms with Crippen molar-refractivity contribution < 1.29 is 0 Å². The molecule has 1 N–H and O–H groups in total. The normalized spacial score (nSPS) is 11.4. The summed E-state index contributed by atoms with van der Waals surface area (Å²) in [5, 5.41) is 15.7. The number of nitrogens with one attached hydrogen (secondary N) is 1. The van der Waals surface area contributed by atoms with Crippen LogP contribution in [0, 0.1) is 0 Å². The monoisotopic (exact) mass is 286 g/mol. The number of hydrogen-bond acceptors (Lipinski definition) is 6. The Kier molecular flexibility index (Phi) is 3.51. The fourth-order valence-electron chi connectivity index (χ4n) is 2.16. The smallest absolute Gasteiger partial charge is 0.254 e. The standard InChI is InChI=1S/C13H18N8/c1-4-10-5-11(21-13(18-10)15-7-17-21)14-6-12-19-16-8-20(12)9(2)3/h5,7-9,14H,4,6H2,1-3H3. The van der Waals surface area contributed by atoms with Crippen LogP contribution < -0.4 is 5.32 Å². The van der Waals surface area contributed by atoms with Crippen molar-refractivity contribution >= 4 is 11.6 Å². The lowest BCUT2D eigenvalue weighted by Gasteiger charge is -2.12. The first-order chi connectivity index (χ1) is 10.2. The molecule has 0 saturated heterocycles. The van der Waals surface area contributed by atoms with E-state index in [-0.39, 0.29) is 0 Å². The van der Waals surface area contributed by atoms with Gasteiger partial charge >= 0.3 is 0 Å². The molecule has 21 heavy (non-hydrogen) atoms. The Morgan fingerprint density at radius 2 is 2.19 bits per heavy atom. The van der Waals surface area contributed by atoms with Crippen LogP contribution in [0.3, 0.4) is 0 Å². The van der Waals surface area contributed by atoms with Crippen molar-refractivity contribution in [2.45, 2.75) is 39.8 Å². The van der Waals surface area contributed by atoms with E-state index < -0.39 is 0 Å². The summed E-state index contributed by atoms with van der Waals surface area (Å²) in [4.78, 5) is 8.57. The topological polar surface area (TPSA) is 85.8 Å². The quantitative estimate of drug-likeness (QED) is 0.764. The maximum atomic E-state index is 4.42. The van der Waals surface area contributed by atoms with Crippen molar-refractivity contribution in [3.63, 3.8) is 0 Å².